The van der Waals surface area contributed by atoms with Crippen LogP contribution in [0.2, 0.25) is 5.02 Å². The Labute approximate surface area is 153 Å². The predicted octanol–water partition coefficient (Wildman–Crippen LogP) is 3.09. The van der Waals surface area contributed by atoms with E-state index in [0.29, 0.717) is 28.7 Å². The Kier molecular flexibility index (Phi) is 6.61. The molecule has 0 saturated carbocycles. The fraction of sp³-hybridized carbons (Fsp3) is 0.333. The molecule has 2 N–H and O–H groups in total. The van der Waals surface area contributed by atoms with Gasteiger partial charge < -0.3 is 20.3 Å². The minimum absolute atomic E-state index is 0.138. The van der Waals surface area contributed by atoms with E-state index in [1.807, 2.05) is 32.0 Å². The van der Waals surface area contributed by atoms with Gasteiger partial charge in [-0.2, -0.15) is 0 Å². The second-order valence-corrected chi connectivity index (χ2v) is 6.33. The Morgan fingerprint density at radius 2 is 2.08 bits per heavy atom. The van der Waals surface area contributed by atoms with Gasteiger partial charge in [0.05, 0.1) is 18.4 Å². The number of nitrogens with zero attached hydrogens (tertiary/aromatic N) is 2. The van der Waals surface area contributed by atoms with Gasteiger partial charge >= 0.3 is 0 Å². The number of hydrogen-bond acceptors (Lipinski definition) is 5. The molecule has 134 valence electrons. The number of ether oxygens (including phenoxy) is 1. The number of aryl methyl sites for hydroxylation is 1. The first-order valence-corrected chi connectivity index (χ1v) is 8.28. The number of nitrogens with one attached hydrogen (secondary N) is 2. The van der Waals surface area contributed by atoms with Gasteiger partial charge in [-0.15, -0.1) is 0 Å². The summed E-state index contributed by atoms with van der Waals surface area (Å²) in [5, 5.41) is 6.68. The molecular weight excluding hydrogens is 340 g/mol. The molecule has 0 atom stereocenters. The molecule has 2 rings (SSSR count). The highest BCUT2D eigenvalue weighted by Gasteiger charge is 2.09. The lowest BCUT2D eigenvalue weighted by Crippen LogP contribution is -2.31. The molecule has 6 nitrogen and oxygen atoms in total. The van der Waals surface area contributed by atoms with Gasteiger partial charge in [-0.05, 0) is 44.8 Å². The van der Waals surface area contributed by atoms with Crippen LogP contribution in [0, 0.1) is 6.92 Å². The van der Waals surface area contributed by atoms with Crippen LogP contribution in [0.3, 0.4) is 0 Å². The van der Waals surface area contributed by atoms with Crippen molar-refractivity contribution in [2.75, 3.05) is 39.6 Å². The third kappa shape index (κ3) is 5.34. The number of hydrogen-bond donors (Lipinski definition) is 2. The standard InChI is InChI=1S/C18H23ClN4O2/c1-12-9-15(16(25-4)10-14(12)19)22-17-6-5-13(11-21-17)18(24)20-7-8-23(2)3/h5-6,9-11H,7-8H2,1-4H3,(H,20,24)(H,21,22). The number of methoxy groups -OCH3 is 1. The number of carbonyl (C=O) groups is 1. The third-order valence-corrected chi connectivity index (χ3v) is 4.02. The fourth-order valence-electron chi connectivity index (χ4n) is 2.17. The van der Waals surface area contributed by atoms with Crippen LogP contribution >= 0.6 is 11.6 Å². The summed E-state index contributed by atoms with van der Waals surface area (Å²) in [6.07, 6.45) is 1.54. The molecule has 7 heteroatoms. The summed E-state index contributed by atoms with van der Waals surface area (Å²) >= 11 is 6.11. The second-order valence-electron chi connectivity index (χ2n) is 5.92. The number of aromatic nitrogens is 1. The minimum atomic E-state index is -0.138. The quantitative estimate of drug-likeness (QED) is 0.792. The molecule has 2 aromatic rings. The molecule has 0 fully saturated rings. The van der Waals surface area contributed by atoms with E-state index in [9.17, 15) is 4.79 Å². The fourth-order valence-corrected chi connectivity index (χ4v) is 2.32. The highest BCUT2D eigenvalue weighted by Crippen LogP contribution is 2.32. The van der Waals surface area contributed by atoms with Crippen LogP contribution in [0.5, 0.6) is 5.75 Å². The molecule has 1 aromatic heterocycles. The number of anilines is 2. The van der Waals surface area contributed by atoms with Crippen LogP contribution in [-0.4, -0.2) is 50.1 Å². The van der Waals surface area contributed by atoms with Gasteiger partial charge in [0.25, 0.3) is 5.91 Å². The van der Waals surface area contributed by atoms with Crippen molar-refractivity contribution < 1.29 is 9.53 Å². The molecule has 0 aliphatic rings. The van der Waals surface area contributed by atoms with Crippen LogP contribution in [0.25, 0.3) is 0 Å². The Bertz CT molecular complexity index is 733. The van der Waals surface area contributed by atoms with E-state index in [1.165, 1.54) is 0 Å². The lowest BCUT2D eigenvalue weighted by Gasteiger charge is -2.13. The SMILES string of the molecule is COc1cc(Cl)c(C)cc1Nc1ccc(C(=O)NCCN(C)C)cn1. The Morgan fingerprint density at radius 3 is 2.68 bits per heavy atom. The van der Waals surface area contributed by atoms with E-state index in [-0.39, 0.29) is 5.91 Å². The van der Waals surface area contributed by atoms with Crippen molar-refractivity contribution in [3.8, 4) is 5.75 Å². The summed E-state index contributed by atoms with van der Waals surface area (Å²) < 4.78 is 5.34. The van der Waals surface area contributed by atoms with Gasteiger partial charge in [-0.3, -0.25) is 4.79 Å². The zero-order valence-corrected chi connectivity index (χ0v) is 15.6. The van der Waals surface area contributed by atoms with Crippen molar-refractivity contribution in [2.24, 2.45) is 0 Å². The van der Waals surface area contributed by atoms with Gasteiger partial charge in [-0.1, -0.05) is 11.6 Å². The smallest absolute Gasteiger partial charge is 0.252 e. The molecule has 0 bridgehead atoms. The van der Waals surface area contributed by atoms with Crippen LogP contribution in [-0.2, 0) is 0 Å². The maximum atomic E-state index is 12.1. The Balaban J connectivity index is 2.05. The topological polar surface area (TPSA) is 66.5 Å². The molecule has 0 spiro atoms. The summed E-state index contributed by atoms with van der Waals surface area (Å²) in [7, 11) is 5.50. The van der Waals surface area contributed by atoms with Gasteiger partial charge in [0.15, 0.2) is 0 Å². The van der Waals surface area contributed by atoms with Crippen molar-refractivity contribution in [1.82, 2.24) is 15.2 Å². The lowest BCUT2D eigenvalue weighted by atomic mass is 10.2. The van der Waals surface area contributed by atoms with E-state index < -0.39 is 0 Å². The summed E-state index contributed by atoms with van der Waals surface area (Å²) in [6.45, 7) is 3.29. The van der Waals surface area contributed by atoms with Crippen molar-refractivity contribution in [1.29, 1.82) is 0 Å². The highest BCUT2D eigenvalue weighted by molar-refractivity contribution is 6.31. The van der Waals surface area contributed by atoms with Crippen LogP contribution < -0.4 is 15.4 Å². The van der Waals surface area contributed by atoms with Crippen LogP contribution in [0.4, 0.5) is 11.5 Å². The predicted molar refractivity (Wildman–Crippen MR) is 101 cm³/mol. The van der Waals surface area contributed by atoms with E-state index in [4.69, 9.17) is 16.3 Å². The molecule has 1 amide bonds. The molecule has 1 heterocycles. The van der Waals surface area contributed by atoms with E-state index >= 15 is 0 Å². The molecule has 0 aliphatic heterocycles. The Hall–Kier alpha value is -2.31. The maximum Gasteiger partial charge on any atom is 0.252 e. The monoisotopic (exact) mass is 362 g/mol. The van der Waals surface area contributed by atoms with Crippen LogP contribution in [0.1, 0.15) is 15.9 Å². The first kappa shape index (κ1) is 19.0. The zero-order chi connectivity index (χ0) is 18.4. The number of benzene rings is 1. The molecule has 0 saturated heterocycles. The molecule has 25 heavy (non-hydrogen) atoms. The number of likely N-dealkylation sites (N-methyl/N-ethyl adjacent to an activating group) is 1. The molecule has 0 unspecified atom stereocenters. The summed E-state index contributed by atoms with van der Waals surface area (Å²) in [6, 6.07) is 7.14. The van der Waals surface area contributed by atoms with Gasteiger partial charge in [-0.25, -0.2) is 4.98 Å². The number of pyridine rings is 1. The van der Waals surface area contributed by atoms with Crippen molar-refractivity contribution in [3.05, 3.63) is 46.6 Å². The molecular formula is C18H23ClN4O2. The zero-order valence-electron chi connectivity index (χ0n) is 14.9. The van der Waals surface area contributed by atoms with Gasteiger partial charge in [0, 0.05) is 30.4 Å². The first-order valence-electron chi connectivity index (χ1n) is 7.91. The van der Waals surface area contributed by atoms with Gasteiger partial charge in [0.1, 0.15) is 11.6 Å². The third-order valence-electron chi connectivity index (χ3n) is 3.61. The summed E-state index contributed by atoms with van der Waals surface area (Å²) in [4.78, 5) is 18.4. The average Bonchev–Trinajstić information content (AvgIpc) is 2.58. The normalized spacial score (nSPS) is 10.6. The van der Waals surface area contributed by atoms with Crippen molar-refractivity contribution in [3.63, 3.8) is 0 Å². The number of rotatable bonds is 7. The van der Waals surface area contributed by atoms with Crippen LogP contribution in [0.15, 0.2) is 30.5 Å². The first-order chi connectivity index (χ1) is 11.9. The molecule has 0 aliphatic carbocycles. The summed E-state index contributed by atoms with van der Waals surface area (Å²) in [5.74, 6) is 1.11. The maximum absolute atomic E-state index is 12.1. The van der Waals surface area contributed by atoms with Gasteiger partial charge in [0.2, 0.25) is 0 Å². The largest absolute Gasteiger partial charge is 0.495 e. The highest BCUT2D eigenvalue weighted by atomic mass is 35.5. The Morgan fingerprint density at radius 1 is 1.32 bits per heavy atom. The van der Waals surface area contributed by atoms with E-state index in [2.05, 4.69) is 15.6 Å². The van der Waals surface area contributed by atoms with E-state index in [0.717, 1.165) is 17.8 Å². The summed E-state index contributed by atoms with van der Waals surface area (Å²) in [5.41, 5.74) is 2.21. The van der Waals surface area contributed by atoms with E-state index in [1.54, 1.807) is 31.5 Å². The molecule has 0 radical (unpaired) electrons. The number of carbonyl (C=O) groups excluding carboxylic acids is 1. The molecule has 1 aromatic carbocycles. The van der Waals surface area contributed by atoms with Crippen molar-refractivity contribution >= 4 is 29.0 Å². The average molecular weight is 363 g/mol. The number of halogens is 1. The minimum Gasteiger partial charge on any atom is -0.495 e. The number of amides is 1. The lowest BCUT2D eigenvalue weighted by molar-refractivity contribution is 0.0950. The second kappa shape index (κ2) is 8.69. The van der Waals surface area contributed by atoms with Crippen molar-refractivity contribution in [2.45, 2.75) is 6.92 Å².